The molecule has 0 spiro atoms. The topological polar surface area (TPSA) is 108 Å². The Labute approximate surface area is 135 Å². The van der Waals surface area contributed by atoms with Gasteiger partial charge in [0, 0.05) is 19.3 Å². The summed E-state index contributed by atoms with van der Waals surface area (Å²) >= 11 is 0. The second-order valence-corrected chi connectivity index (χ2v) is 5.16. The van der Waals surface area contributed by atoms with E-state index >= 15 is 0 Å². The van der Waals surface area contributed by atoms with E-state index in [1.165, 1.54) is 0 Å². The Kier molecular flexibility index (Phi) is 7.44. The SMILES string of the molecule is CCC(=O)OC1C(C)OC(O)C(OC(=O)CC)C1OC(=O)CC. The van der Waals surface area contributed by atoms with E-state index in [1.807, 2.05) is 0 Å². The lowest BCUT2D eigenvalue weighted by Crippen LogP contribution is -2.60. The summed E-state index contributed by atoms with van der Waals surface area (Å²) in [5.41, 5.74) is 0. The van der Waals surface area contributed by atoms with Gasteiger partial charge in [0.2, 0.25) is 0 Å². The maximum absolute atomic E-state index is 11.7. The zero-order chi connectivity index (χ0) is 17.6. The van der Waals surface area contributed by atoms with Crippen LogP contribution < -0.4 is 0 Å². The van der Waals surface area contributed by atoms with Gasteiger partial charge in [0.15, 0.2) is 24.6 Å². The highest BCUT2D eigenvalue weighted by molar-refractivity contribution is 5.71. The molecule has 23 heavy (non-hydrogen) atoms. The molecule has 1 heterocycles. The van der Waals surface area contributed by atoms with Crippen LogP contribution in [0.25, 0.3) is 0 Å². The molecule has 1 N–H and O–H groups in total. The molecule has 8 heteroatoms. The van der Waals surface area contributed by atoms with E-state index in [1.54, 1.807) is 27.7 Å². The van der Waals surface area contributed by atoms with Crippen LogP contribution in [0.1, 0.15) is 47.0 Å². The average molecular weight is 332 g/mol. The Morgan fingerprint density at radius 2 is 1.22 bits per heavy atom. The minimum absolute atomic E-state index is 0.0760. The van der Waals surface area contributed by atoms with Crippen molar-refractivity contribution in [2.75, 3.05) is 0 Å². The Hall–Kier alpha value is -1.67. The summed E-state index contributed by atoms with van der Waals surface area (Å²) < 4.78 is 20.9. The summed E-state index contributed by atoms with van der Waals surface area (Å²) in [7, 11) is 0. The first-order valence-electron chi connectivity index (χ1n) is 7.75. The van der Waals surface area contributed by atoms with E-state index in [4.69, 9.17) is 18.9 Å². The first kappa shape index (κ1) is 19.4. The molecule has 1 rings (SSSR count). The minimum atomic E-state index is -1.48. The molecule has 5 atom stereocenters. The van der Waals surface area contributed by atoms with Crippen LogP contribution in [0.3, 0.4) is 0 Å². The lowest BCUT2D eigenvalue weighted by Gasteiger charge is -2.42. The number of carbonyl (C=O) groups excluding carboxylic acids is 3. The fourth-order valence-corrected chi connectivity index (χ4v) is 2.12. The Balaban J connectivity index is 3.04. The van der Waals surface area contributed by atoms with Crippen molar-refractivity contribution in [2.45, 2.75) is 77.7 Å². The molecule has 8 nitrogen and oxygen atoms in total. The van der Waals surface area contributed by atoms with Crippen LogP contribution in [0.4, 0.5) is 0 Å². The van der Waals surface area contributed by atoms with E-state index in [2.05, 4.69) is 0 Å². The number of ether oxygens (including phenoxy) is 4. The van der Waals surface area contributed by atoms with Gasteiger partial charge in [-0.05, 0) is 6.92 Å². The van der Waals surface area contributed by atoms with Crippen molar-refractivity contribution in [1.82, 2.24) is 0 Å². The third-order valence-electron chi connectivity index (χ3n) is 3.41. The monoisotopic (exact) mass is 332 g/mol. The predicted octanol–water partition coefficient (Wildman–Crippen LogP) is 0.689. The zero-order valence-corrected chi connectivity index (χ0v) is 13.8. The van der Waals surface area contributed by atoms with E-state index in [-0.39, 0.29) is 19.3 Å². The molecule has 1 fully saturated rings. The summed E-state index contributed by atoms with van der Waals surface area (Å²) in [5.74, 6) is -1.67. The lowest BCUT2D eigenvalue weighted by atomic mass is 9.99. The van der Waals surface area contributed by atoms with E-state index in [9.17, 15) is 19.5 Å². The normalized spacial score (nSPS) is 30.4. The van der Waals surface area contributed by atoms with Crippen molar-refractivity contribution in [3.8, 4) is 0 Å². The molecule has 1 aliphatic rings. The van der Waals surface area contributed by atoms with Crippen LogP contribution in [-0.4, -0.2) is 53.7 Å². The van der Waals surface area contributed by atoms with Gasteiger partial charge >= 0.3 is 17.9 Å². The van der Waals surface area contributed by atoms with Gasteiger partial charge in [0.05, 0.1) is 6.10 Å². The molecular formula is C15H24O8. The van der Waals surface area contributed by atoms with Crippen molar-refractivity contribution in [2.24, 2.45) is 0 Å². The third-order valence-corrected chi connectivity index (χ3v) is 3.41. The van der Waals surface area contributed by atoms with Gasteiger partial charge in [-0.25, -0.2) is 0 Å². The molecule has 5 unspecified atom stereocenters. The highest BCUT2D eigenvalue weighted by atomic mass is 16.7. The van der Waals surface area contributed by atoms with Crippen LogP contribution in [0, 0.1) is 0 Å². The molecule has 1 saturated heterocycles. The number of aliphatic hydroxyl groups excluding tert-OH is 1. The molecule has 0 amide bonds. The van der Waals surface area contributed by atoms with Gasteiger partial charge in [0.25, 0.3) is 0 Å². The first-order chi connectivity index (χ1) is 10.8. The van der Waals surface area contributed by atoms with E-state index in [0.717, 1.165) is 0 Å². The average Bonchev–Trinajstić information content (AvgIpc) is 2.53. The number of esters is 3. The number of hydrogen-bond acceptors (Lipinski definition) is 8. The summed E-state index contributed by atoms with van der Waals surface area (Å²) in [6, 6.07) is 0. The standard InChI is InChI=1S/C15H24O8/c1-5-9(16)21-12-8(4)20-15(19)14(23-11(18)7-3)13(12)22-10(17)6-2/h8,12-15,19H,5-7H2,1-4H3. The second-order valence-electron chi connectivity index (χ2n) is 5.16. The summed E-state index contributed by atoms with van der Waals surface area (Å²) in [5, 5.41) is 10.0. The van der Waals surface area contributed by atoms with Gasteiger partial charge in [-0.15, -0.1) is 0 Å². The molecule has 0 aliphatic carbocycles. The smallest absolute Gasteiger partial charge is 0.306 e. The number of hydrogen-bond donors (Lipinski definition) is 1. The van der Waals surface area contributed by atoms with Crippen molar-refractivity contribution < 1.29 is 38.4 Å². The Morgan fingerprint density at radius 1 is 0.826 bits per heavy atom. The highest BCUT2D eigenvalue weighted by Gasteiger charge is 2.50. The third kappa shape index (κ3) is 5.18. The number of aliphatic hydroxyl groups is 1. The van der Waals surface area contributed by atoms with E-state index in [0.29, 0.717) is 0 Å². The van der Waals surface area contributed by atoms with Crippen LogP contribution in [0.5, 0.6) is 0 Å². The molecule has 0 saturated carbocycles. The minimum Gasteiger partial charge on any atom is -0.455 e. The lowest BCUT2D eigenvalue weighted by molar-refractivity contribution is -0.289. The number of rotatable bonds is 6. The molecule has 0 radical (unpaired) electrons. The molecule has 0 aromatic rings. The van der Waals surface area contributed by atoms with Gasteiger partial charge < -0.3 is 24.1 Å². The highest BCUT2D eigenvalue weighted by Crippen LogP contribution is 2.28. The second kappa shape index (κ2) is 8.83. The molecule has 0 aromatic carbocycles. The van der Waals surface area contributed by atoms with Crippen LogP contribution in [0.15, 0.2) is 0 Å². The van der Waals surface area contributed by atoms with Crippen LogP contribution in [0.2, 0.25) is 0 Å². The predicted molar refractivity (Wildman–Crippen MR) is 77.1 cm³/mol. The van der Waals surface area contributed by atoms with E-state index < -0.39 is 48.6 Å². The molecule has 1 aliphatic heterocycles. The van der Waals surface area contributed by atoms with Gasteiger partial charge in [-0.2, -0.15) is 0 Å². The summed E-state index contributed by atoms with van der Waals surface area (Å²) in [6.45, 7) is 6.37. The van der Waals surface area contributed by atoms with Gasteiger partial charge in [-0.1, -0.05) is 20.8 Å². The van der Waals surface area contributed by atoms with Crippen LogP contribution >= 0.6 is 0 Å². The maximum atomic E-state index is 11.7. The quantitative estimate of drug-likeness (QED) is 0.559. The maximum Gasteiger partial charge on any atom is 0.306 e. The first-order valence-corrected chi connectivity index (χ1v) is 7.75. The van der Waals surface area contributed by atoms with Gasteiger partial charge in [0.1, 0.15) is 0 Å². The molecule has 0 aromatic heterocycles. The van der Waals surface area contributed by atoms with Crippen molar-refractivity contribution >= 4 is 17.9 Å². The Morgan fingerprint density at radius 3 is 1.65 bits per heavy atom. The summed E-state index contributed by atoms with van der Waals surface area (Å²) in [4.78, 5) is 34.8. The zero-order valence-electron chi connectivity index (χ0n) is 13.8. The molecule has 132 valence electrons. The fourth-order valence-electron chi connectivity index (χ4n) is 2.12. The van der Waals surface area contributed by atoms with Gasteiger partial charge in [-0.3, -0.25) is 14.4 Å². The van der Waals surface area contributed by atoms with Crippen molar-refractivity contribution in [3.05, 3.63) is 0 Å². The van der Waals surface area contributed by atoms with Crippen molar-refractivity contribution in [3.63, 3.8) is 0 Å². The molecule has 0 bridgehead atoms. The summed E-state index contributed by atoms with van der Waals surface area (Å²) in [6.07, 6.45) is -5.29. The fraction of sp³-hybridized carbons (Fsp3) is 0.800. The van der Waals surface area contributed by atoms with Crippen LogP contribution in [-0.2, 0) is 33.3 Å². The Bertz CT molecular complexity index is 405. The van der Waals surface area contributed by atoms with Crippen molar-refractivity contribution in [1.29, 1.82) is 0 Å². The molecular weight excluding hydrogens is 308 g/mol. The number of carbonyl (C=O) groups is 3. The largest absolute Gasteiger partial charge is 0.455 e.